The van der Waals surface area contributed by atoms with Gasteiger partial charge in [-0.3, -0.25) is 4.79 Å². The first-order valence-electron chi connectivity index (χ1n) is 4.59. The molecule has 13 heavy (non-hydrogen) atoms. The highest BCUT2D eigenvalue weighted by Crippen LogP contribution is 2.34. The van der Waals surface area contributed by atoms with Crippen molar-refractivity contribution < 1.29 is 9.90 Å². The molecular formula is C9H16ClNO2. The molecule has 1 N–H and O–H groups in total. The van der Waals surface area contributed by atoms with E-state index in [0.717, 1.165) is 5.92 Å². The number of rotatable bonds is 5. The maximum absolute atomic E-state index is 10.5. The molecule has 0 bridgehead atoms. The fraction of sp³-hybridized carbons (Fsp3) is 0.889. The van der Waals surface area contributed by atoms with Crippen molar-refractivity contribution >= 4 is 17.6 Å². The standard InChI is InChI=1S/C9H16ClNO2/c1-6(7-3-4-7)11(2)5-8(10)9(12)13/h6-8H,3-5H2,1-2H3,(H,12,13). The van der Waals surface area contributed by atoms with Crippen molar-refractivity contribution in [3.63, 3.8) is 0 Å². The molecule has 0 aliphatic heterocycles. The van der Waals surface area contributed by atoms with Gasteiger partial charge in [0.25, 0.3) is 0 Å². The molecule has 1 fully saturated rings. The summed E-state index contributed by atoms with van der Waals surface area (Å²) in [6, 6.07) is 0.459. The molecule has 0 aromatic carbocycles. The van der Waals surface area contributed by atoms with Gasteiger partial charge in [0.1, 0.15) is 5.38 Å². The van der Waals surface area contributed by atoms with Crippen LogP contribution in [0.2, 0.25) is 0 Å². The van der Waals surface area contributed by atoms with Gasteiger partial charge in [0.05, 0.1) is 0 Å². The number of aliphatic carboxylic acids is 1. The van der Waals surface area contributed by atoms with Gasteiger partial charge in [-0.1, -0.05) is 0 Å². The van der Waals surface area contributed by atoms with E-state index in [4.69, 9.17) is 16.7 Å². The molecule has 4 heteroatoms. The summed E-state index contributed by atoms with van der Waals surface area (Å²) in [4.78, 5) is 12.5. The predicted octanol–water partition coefficient (Wildman–Crippen LogP) is 1.41. The quantitative estimate of drug-likeness (QED) is 0.690. The van der Waals surface area contributed by atoms with E-state index in [1.807, 2.05) is 11.9 Å². The summed E-state index contributed by atoms with van der Waals surface area (Å²) in [5.74, 6) is -0.181. The molecule has 1 saturated carbocycles. The zero-order valence-corrected chi connectivity index (χ0v) is 8.79. The van der Waals surface area contributed by atoms with Crippen LogP contribution in [0.4, 0.5) is 0 Å². The van der Waals surface area contributed by atoms with Crippen LogP contribution in [0.15, 0.2) is 0 Å². The summed E-state index contributed by atoms with van der Waals surface area (Å²) in [5, 5.41) is 7.82. The molecule has 0 aromatic heterocycles. The van der Waals surface area contributed by atoms with Gasteiger partial charge in [0.2, 0.25) is 0 Å². The number of hydrogen-bond acceptors (Lipinski definition) is 2. The Bertz CT molecular complexity index is 194. The Morgan fingerprint density at radius 3 is 2.62 bits per heavy atom. The van der Waals surface area contributed by atoms with E-state index in [-0.39, 0.29) is 0 Å². The van der Waals surface area contributed by atoms with E-state index in [2.05, 4.69) is 6.92 Å². The highest BCUT2D eigenvalue weighted by Gasteiger charge is 2.31. The van der Waals surface area contributed by atoms with E-state index in [9.17, 15) is 4.79 Å². The molecule has 0 radical (unpaired) electrons. The second-order valence-corrected chi connectivity index (χ2v) is 4.35. The molecule has 0 aromatic rings. The maximum Gasteiger partial charge on any atom is 0.322 e. The van der Waals surface area contributed by atoms with Crippen molar-refractivity contribution in [3.05, 3.63) is 0 Å². The fourth-order valence-electron chi connectivity index (χ4n) is 1.44. The van der Waals surface area contributed by atoms with Crippen LogP contribution in [-0.2, 0) is 4.79 Å². The number of carbonyl (C=O) groups is 1. The van der Waals surface area contributed by atoms with Gasteiger partial charge in [-0.25, -0.2) is 0 Å². The van der Waals surface area contributed by atoms with Gasteiger partial charge in [0.15, 0.2) is 0 Å². The molecule has 3 nitrogen and oxygen atoms in total. The largest absolute Gasteiger partial charge is 0.480 e. The number of carboxylic acids is 1. The Morgan fingerprint density at radius 2 is 2.23 bits per heavy atom. The molecule has 1 rings (SSSR count). The van der Waals surface area contributed by atoms with E-state index in [0.29, 0.717) is 12.6 Å². The highest BCUT2D eigenvalue weighted by atomic mass is 35.5. The zero-order valence-electron chi connectivity index (χ0n) is 8.03. The number of halogens is 1. The van der Waals surface area contributed by atoms with Crippen LogP contribution in [0.5, 0.6) is 0 Å². The molecule has 2 atom stereocenters. The van der Waals surface area contributed by atoms with Gasteiger partial charge < -0.3 is 10.0 Å². The van der Waals surface area contributed by atoms with Crippen LogP contribution >= 0.6 is 11.6 Å². The minimum absolute atomic E-state index is 0.425. The Labute approximate surface area is 83.7 Å². The third kappa shape index (κ3) is 3.16. The second-order valence-electron chi connectivity index (χ2n) is 3.82. The van der Waals surface area contributed by atoms with Gasteiger partial charge in [-0.15, -0.1) is 11.6 Å². The Morgan fingerprint density at radius 1 is 1.69 bits per heavy atom. The summed E-state index contributed by atoms with van der Waals surface area (Å²) in [5.41, 5.74) is 0. The molecule has 0 amide bonds. The van der Waals surface area contributed by atoms with E-state index in [1.165, 1.54) is 12.8 Å². The topological polar surface area (TPSA) is 40.5 Å². The molecular weight excluding hydrogens is 190 g/mol. The van der Waals surface area contributed by atoms with Crippen LogP contribution in [0.3, 0.4) is 0 Å². The third-order valence-electron chi connectivity index (χ3n) is 2.72. The molecule has 2 unspecified atom stereocenters. The van der Waals surface area contributed by atoms with E-state index < -0.39 is 11.3 Å². The van der Waals surface area contributed by atoms with Crippen LogP contribution in [0.25, 0.3) is 0 Å². The molecule has 0 heterocycles. The van der Waals surface area contributed by atoms with Gasteiger partial charge >= 0.3 is 5.97 Å². The normalized spacial score (nSPS) is 21.5. The summed E-state index contributed by atoms with van der Waals surface area (Å²) in [6.45, 7) is 2.55. The number of hydrogen-bond donors (Lipinski definition) is 1. The lowest BCUT2D eigenvalue weighted by Crippen LogP contribution is -2.37. The van der Waals surface area contributed by atoms with E-state index >= 15 is 0 Å². The van der Waals surface area contributed by atoms with Gasteiger partial charge in [-0.05, 0) is 32.7 Å². The first-order chi connectivity index (χ1) is 6.02. The Kier molecular flexibility index (Phi) is 3.56. The first-order valence-corrected chi connectivity index (χ1v) is 5.03. The monoisotopic (exact) mass is 205 g/mol. The summed E-state index contributed by atoms with van der Waals surface area (Å²) in [6.07, 6.45) is 2.54. The van der Waals surface area contributed by atoms with Crippen molar-refractivity contribution in [1.29, 1.82) is 0 Å². The van der Waals surface area contributed by atoms with Crippen molar-refractivity contribution in [3.8, 4) is 0 Å². The third-order valence-corrected chi connectivity index (χ3v) is 3.04. The number of nitrogens with zero attached hydrogens (tertiary/aromatic N) is 1. The minimum Gasteiger partial charge on any atom is -0.480 e. The molecule has 76 valence electrons. The average molecular weight is 206 g/mol. The van der Waals surface area contributed by atoms with Crippen molar-refractivity contribution in [2.75, 3.05) is 13.6 Å². The lowest BCUT2D eigenvalue weighted by Gasteiger charge is -2.25. The Balaban J connectivity index is 2.30. The second kappa shape index (κ2) is 4.29. The SMILES string of the molecule is CC(C1CC1)N(C)CC(Cl)C(=O)O. The highest BCUT2D eigenvalue weighted by molar-refractivity contribution is 6.29. The lowest BCUT2D eigenvalue weighted by molar-refractivity contribution is -0.137. The molecule has 0 saturated heterocycles. The average Bonchev–Trinajstić information content (AvgIpc) is 2.85. The first kappa shape index (κ1) is 10.8. The maximum atomic E-state index is 10.5. The number of alkyl halides is 1. The number of carboxylic acid groups (broad SMARTS) is 1. The van der Waals surface area contributed by atoms with Gasteiger partial charge in [0, 0.05) is 12.6 Å². The summed E-state index contributed by atoms with van der Waals surface area (Å²) >= 11 is 5.64. The van der Waals surface area contributed by atoms with E-state index in [1.54, 1.807) is 0 Å². The van der Waals surface area contributed by atoms with Crippen LogP contribution in [0.1, 0.15) is 19.8 Å². The van der Waals surface area contributed by atoms with Gasteiger partial charge in [-0.2, -0.15) is 0 Å². The zero-order chi connectivity index (χ0) is 10.0. The summed E-state index contributed by atoms with van der Waals surface area (Å²) < 4.78 is 0. The lowest BCUT2D eigenvalue weighted by atomic mass is 10.2. The minimum atomic E-state index is -0.934. The fourth-order valence-corrected chi connectivity index (χ4v) is 1.65. The van der Waals surface area contributed by atoms with Crippen LogP contribution < -0.4 is 0 Å². The smallest absolute Gasteiger partial charge is 0.322 e. The molecule has 0 spiro atoms. The van der Waals surface area contributed by atoms with Crippen molar-refractivity contribution in [1.82, 2.24) is 4.90 Å². The van der Waals surface area contributed by atoms with Crippen LogP contribution in [-0.4, -0.2) is 41.0 Å². The molecule has 1 aliphatic carbocycles. The van der Waals surface area contributed by atoms with Crippen LogP contribution in [0, 0.1) is 5.92 Å². The van der Waals surface area contributed by atoms with Crippen molar-refractivity contribution in [2.24, 2.45) is 5.92 Å². The molecule has 1 aliphatic rings. The Hall–Kier alpha value is -0.280. The summed E-state index contributed by atoms with van der Waals surface area (Å²) in [7, 11) is 1.93. The van der Waals surface area contributed by atoms with Crippen molar-refractivity contribution in [2.45, 2.75) is 31.2 Å². The predicted molar refractivity (Wildman–Crippen MR) is 52.1 cm³/mol.